The number of hydrogen-bond acceptors (Lipinski definition) is 3. The topological polar surface area (TPSA) is 80.4 Å². The molecule has 1 aromatic rings. The zero-order valence-corrected chi connectivity index (χ0v) is 11.2. The van der Waals surface area contributed by atoms with Crippen LogP contribution in [-0.2, 0) is 11.2 Å². The minimum atomic E-state index is -0.827. The summed E-state index contributed by atoms with van der Waals surface area (Å²) in [6, 6.07) is 6.49. The Bertz CT molecular complexity index is 457. The molecule has 1 aromatic carbocycles. The van der Waals surface area contributed by atoms with Crippen LogP contribution in [0.2, 0.25) is 0 Å². The third kappa shape index (κ3) is 4.69. The molecule has 0 aliphatic heterocycles. The monoisotopic (exact) mass is 265 g/mol. The van der Waals surface area contributed by atoms with Gasteiger partial charge in [0.1, 0.15) is 0 Å². The third-order valence-electron chi connectivity index (χ3n) is 3.06. The highest BCUT2D eigenvalue weighted by molar-refractivity contribution is 5.70. The van der Waals surface area contributed by atoms with E-state index in [4.69, 9.17) is 5.11 Å². The summed E-state index contributed by atoms with van der Waals surface area (Å²) in [4.78, 5) is 21.6. The van der Waals surface area contributed by atoms with Gasteiger partial charge in [-0.15, -0.1) is 0 Å². The summed E-state index contributed by atoms with van der Waals surface area (Å²) in [5, 5.41) is 20.0. The van der Waals surface area contributed by atoms with Gasteiger partial charge in [0.05, 0.1) is 10.8 Å². The summed E-state index contributed by atoms with van der Waals surface area (Å²) in [5.74, 6) is -0.973. The van der Waals surface area contributed by atoms with Crippen molar-refractivity contribution in [1.29, 1.82) is 0 Å². The summed E-state index contributed by atoms with van der Waals surface area (Å²) >= 11 is 0. The SMILES string of the molecule is CC(C)CC(CCc1ccccc1[N+](=O)[O-])C(=O)O. The number of nitrogens with zero attached hydrogens (tertiary/aromatic N) is 1. The number of aryl methyl sites for hydroxylation is 1. The van der Waals surface area contributed by atoms with Crippen LogP contribution in [0, 0.1) is 22.0 Å². The van der Waals surface area contributed by atoms with Gasteiger partial charge in [-0.2, -0.15) is 0 Å². The van der Waals surface area contributed by atoms with Gasteiger partial charge in [-0.1, -0.05) is 32.0 Å². The van der Waals surface area contributed by atoms with Crippen LogP contribution in [0.25, 0.3) is 0 Å². The van der Waals surface area contributed by atoms with Crippen molar-refractivity contribution in [1.82, 2.24) is 0 Å². The fourth-order valence-corrected chi connectivity index (χ4v) is 2.14. The van der Waals surface area contributed by atoms with E-state index in [0.717, 1.165) is 0 Å². The van der Waals surface area contributed by atoms with Crippen LogP contribution in [-0.4, -0.2) is 16.0 Å². The second-order valence-corrected chi connectivity index (χ2v) is 5.09. The summed E-state index contributed by atoms with van der Waals surface area (Å²) in [6.45, 7) is 3.95. The number of nitro groups is 1. The lowest BCUT2D eigenvalue weighted by molar-refractivity contribution is -0.385. The van der Waals surface area contributed by atoms with E-state index < -0.39 is 16.8 Å². The number of benzene rings is 1. The first-order chi connectivity index (χ1) is 8.91. The number of carboxylic acids is 1. The van der Waals surface area contributed by atoms with Crippen molar-refractivity contribution in [2.75, 3.05) is 0 Å². The Morgan fingerprint density at radius 2 is 2.00 bits per heavy atom. The van der Waals surface area contributed by atoms with Crippen molar-refractivity contribution >= 4 is 11.7 Å². The lowest BCUT2D eigenvalue weighted by Gasteiger charge is -2.14. The average Bonchev–Trinajstić information content (AvgIpc) is 2.34. The third-order valence-corrected chi connectivity index (χ3v) is 3.06. The second-order valence-electron chi connectivity index (χ2n) is 5.09. The number of rotatable bonds is 7. The van der Waals surface area contributed by atoms with Crippen molar-refractivity contribution in [2.45, 2.75) is 33.1 Å². The van der Waals surface area contributed by atoms with Crippen LogP contribution < -0.4 is 0 Å². The van der Waals surface area contributed by atoms with Crippen LogP contribution in [0.4, 0.5) is 5.69 Å². The second kappa shape index (κ2) is 6.87. The van der Waals surface area contributed by atoms with E-state index >= 15 is 0 Å². The first kappa shape index (κ1) is 15.1. The highest BCUT2D eigenvalue weighted by Gasteiger charge is 2.20. The first-order valence-electron chi connectivity index (χ1n) is 6.37. The van der Waals surface area contributed by atoms with Gasteiger partial charge in [0.25, 0.3) is 5.69 Å². The molecule has 0 saturated heterocycles. The van der Waals surface area contributed by atoms with Crippen LogP contribution in [0.3, 0.4) is 0 Å². The predicted molar refractivity (Wildman–Crippen MR) is 72.0 cm³/mol. The summed E-state index contributed by atoms with van der Waals surface area (Å²) in [7, 11) is 0. The van der Waals surface area contributed by atoms with Gasteiger partial charge in [0, 0.05) is 11.6 Å². The molecule has 0 radical (unpaired) electrons. The van der Waals surface area contributed by atoms with E-state index in [1.807, 2.05) is 13.8 Å². The molecular formula is C14H19NO4. The fourth-order valence-electron chi connectivity index (χ4n) is 2.14. The molecular weight excluding hydrogens is 246 g/mol. The predicted octanol–water partition coefficient (Wildman–Crippen LogP) is 3.27. The molecule has 0 aliphatic carbocycles. The van der Waals surface area contributed by atoms with E-state index in [2.05, 4.69) is 0 Å². The van der Waals surface area contributed by atoms with E-state index in [0.29, 0.717) is 30.7 Å². The van der Waals surface area contributed by atoms with Gasteiger partial charge in [-0.25, -0.2) is 0 Å². The minimum Gasteiger partial charge on any atom is -0.481 e. The zero-order valence-electron chi connectivity index (χ0n) is 11.2. The van der Waals surface area contributed by atoms with E-state index in [-0.39, 0.29) is 5.69 Å². The molecule has 1 N–H and O–H groups in total. The molecule has 1 rings (SSSR count). The van der Waals surface area contributed by atoms with Gasteiger partial charge in [0.2, 0.25) is 0 Å². The maximum Gasteiger partial charge on any atom is 0.306 e. The largest absolute Gasteiger partial charge is 0.481 e. The molecule has 0 amide bonds. The lowest BCUT2D eigenvalue weighted by Crippen LogP contribution is -2.17. The van der Waals surface area contributed by atoms with Gasteiger partial charge >= 0.3 is 5.97 Å². The van der Waals surface area contributed by atoms with Gasteiger partial charge in [-0.05, 0) is 25.2 Å². The molecule has 0 fully saturated rings. The van der Waals surface area contributed by atoms with E-state index in [1.165, 1.54) is 6.07 Å². The Morgan fingerprint density at radius 3 is 2.53 bits per heavy atom. The number of nitro benzene ring substituents is 1. The number of para-hydroxylation sites is 1. The number of aliphatic carboxylic acids is 1. The molecule has 0 aliphatic rings. The Labute approximate surface area is 112 Å². The normalized spacial score (nSPS) is 12.4. The van der Waals surface area contributed by atoms with Crippen LogP contribution in [0.5, 0.6) is 0 Å². The number of carbonyl (C=O) groups is 1. The summed E-state index contributed by atoms with van der Waals surface area (Å²) in [5.41, 5.74) is 0.665. The highest BCUT2D eigenvalue weighted by atomic mass is 16.6. The van der Waals surface area contributed by atoms with E-state index in [9.17, 15) is 14.9 Å². The molecule has 0 heterocycles. The first-order valence-corrected chi connectivity index (χ1v) is 6.37. The van der Waals surface area contributed by atoms with Crippen molar-refractivity contribution in [2.24, 2.45) is 11.8 Å². The molecule has 104 valence electrons. The minimum absolute atomic E-state index is 0.0659. The zero-order chi connectivity index (χ0) is 14.4. The highest BCUT2D eigenvalue weighted by Crippen LogP contribution is 2.23. The van der Waals surface area contributed by atoms with E-state index in [1.54, 1.807) is 18.2 Å². The smallest absolute Gasteiger partial charge is 0.306 e. The van der Waals surface area contributed by atoms with Crippen LogP contribution >= 0.6 is 0 Å². The molecule has 0 saturated carbocycles. The maximum atomic E-state index is 11.1. The standard InChI is InChI=1S/C14H19NO4/c1-10(2)9-12(14(16)17)8-7-11-5-3-4-6-13(11)15(18)19/h3-6,10,12H,7-9H2,1-2H3,(H,16,17). The molecule has 0 bridgehead atoms. The quantitative estimate of drug-likeness (QED) is 0.606. The summed E-state index contributed by atoms with van der Waals surface area (Å²) < 4.78 is 0. The molecule has 1 atom stereocenters. The van der Waals surface area contributed by atoms with Gasteiger partial charge in [-0.3, -0.25) is 14.9 Å². The van der Waals surface area contributed by atoms with Crippen LogP contribution in [0.15, 0.2) is 24.3 Å². The number of hydrogen-bond donors (Lipinski definition) is 1. The van der Waals surface area contributed by atoms with Crippen molar-refractivity contribution in [3.63, 3.8) is 0 Å². The lowest BCUT2D eigenvalue weighted by atomic mass is 9.91. The summed E-state index contributed by atoms with van der Waals surface area (Å²) in [6.07, 6.45) is 1.44. The fraction of sp³-hybridized carbons (Fsp3) is 0.500. The van der Waals surface area contributed by atoms with Gasteiger partial charge < -0.3 is 5.11 Å². The van der Waals surface area contributed by atoms with Gasteiger partial charge in [0.15, 0.2) is 0 Å². The van der Waals surface area contributed by atoms with Crippen molar-refractivity contribution < 1.29 is 14.8 Å². The Kier molecular flexibility index (Phi) is 5.48. The maximum absolute atomic E-state index is 11.1. The molecule has 0 spiro atoms. The molecule has 19 heavy (non-hydrogen) atoms. The Balaban J connectivity index is 2.74. The Hall–Kier alpha value is -1.91. The molecule has 5 nitrogen and oxygen atoms in total. The van der Waals surface area contributed by atoms with Crippen molar-refractivity contribution in [3.8, 4) is 0 Å². The average molecular weight is 265 g/mol. The molecule has 0 aromatic heterocycles. The van der Waals surface area contributed by atoms with Crippen LogP contribution in [0.1, 0.15) is 32.3 Å². The molecule has 1 unspecified atom stereocenters. The van der Waals surface area contributed by atoms with Crippen molar-refractivity contribution in [3.05, 3.63) is 39.9 Å². The molecule has 5 heteroatoms. The number of carboxylic acid groups (broad SMARTS) is 1. The Morgan fingerprint density at radius 1 is 1.37 bits per heavy atom.